The van der Waals surface area contributed by atoms with Gasteiger partial charge < -0.3 is 33.2 Å². The number of nitrogens with two attached hydrogens (primary N) is 2. The summed E-state index contributed by atoms with van der Waals surface area (Å²) in [5.41, 5.74) is 7.85. The molecule has 9 N–H and O–H groups in total. The number of hydrogen-bond acceptors (Lipinski definition) is 5. The molecule has 1 aliphatic heterocycles. The Morgan fingerprint density at radius 2 is 2.00 bits per heavy atom. The number of fused-ring (bicyclic) bond motifs is 1. The van der Waals surface area contributed by atoms with Crippen molar-refractivity contribution in [2.75, 3.05) is 25.5 Å². The molecule has 0 spiro atoms. The van der Waals surface area contributed by atoms with E-state index < -0.39 is 0 Å². The maximum absolute atomic E-state index is 9.32. The zero-order chi connectivity index (χ0) is 13.5. The van der Waals surface area contributed by atoms with Crippen molar-refractivity contribution in [3.63, 3.8) is 0 Å². The molecule has 1 unspecified atom stereocenters. The van der Waals surface area contributed by atoms with Crippen LogP contribution in [0.15, 0.2) is 18.2 Å². The minimum atomic E-state index is 0. The van der Waals surface area contributed by atoms with Gasteiger partial charge in [-0.1, -0.05) is 0 Å². The van der Waals surface area contributed by atoms with Gasteiger partial charge in [-0.05, 0) is 50.6 Å². The van der Waals surface area contributed by atoms with E-state index in [1.165, 1.54) is 5.56 Å². The first-order valence-electron chi connectivity index (χ1n) is 6.38. The molecule has 0 radical (unpaired) electrons. The molecule has 7 heteroatoms. The summed E-state index contributed by atoms with van der Waals surface area (Å²) in [5.74, 6) is 0.802. The molecule has 1 heterocycles. The van der Waals surface area contributed by atoms with Crippen LogP contribution in [0.25, 0.3) is 6.15 Å². The van der Waals surface area contributed by atoms with Gasteiger partial charge in [-0.2, -0.15) is 0 Å². The average molecular weight is 325 g/mol. The molecule has 1 aromatic carbocycles. The molecule has 0 amide bonds. The first-order valence-corrected chi connectivity index (χ1v) is 6.38. The smallest absolute Gasteiger partial charge is 0.693 e. The largest absolute Gasteiger partial charge is 1.00 e. The Labute approximate surface area is 170 Å². The first kappa shape index (κ1) is 26.2. The van der Waals surface area contributed by atoms with Crippen LogP contribution >= 0.6 is 0 Å². The van der Waals surface area contributed by atoms with Crippen molar-refractivity contribution in [1.82, 2.24) is 6.15 Å². The number of methoxy groups -OCH3 is 1. The maximum Gasteiger partial charge on any atom is 1.00 e. The fraction of sp³-hybridized carbons (Fsp3) is 0.571. The van der Waals surface area contributed by atoms with Crippen molar-refractivity contribution in [2.24, 2.45) is 5.73 Å². The average Bonchev–Trinajstić information content (AvgIpc) is 2.73. The van der Waals surface area contributed by atoms with E-state index in [1.807, 2.05) is 26.0 Å². The second kappa shape index (κ2) is 13.9. The van der Waals surface area contributed by atoms with Crippen molar-refractivity contribution >= 4 is 5.69 Å². The van der Waals surface area contributed by atoms with Crippen molar-refractivity contribution in [3.8, 4) is 5.75 Å². The summed E-state index contributed by atoms with van der Waals surface area (Å²) in [6.07, 6.45) is 1.36. The molecule has 0 saturated heterocycles. The number of aromatic hydroxyl groups is 1. The van der Waals surface area contributed by atoms with Gasteiger partial charge in [0.15, 0.2) is 0 Å². The number of hydrogen-bond donors (Lipinski definition) is 4. The van der Waals surface area contributed by atoms with Gasteiger partial charge in [0.05, 0.1) is 6.10 Å². The summed E-state index contributed by atoms with van der Waals surface area (Å²) in [6.45, 7) is 5.64. The molecule has 21 heavy (non-hydrogen) atoms. The van der Waals surface area contributed by atoms with Crippen LogP contribution in [0, 0.1) is 0 Å². The van der Waals surface area contributed by atoms with Gasteiger partial charge in [-0.15, -0.1) is 0 Å². The summed E-state index contributed by atoms with van der Waals surface area (Å²) in [7, 11) is 1.70. The molecule has 118 valence electrons. The summed E-state index contributed by atoms with van der Waals surface area (Å²) in [6, 6.07) is 5.45. The third-order valence-corrected chi connectivity index (χ3v) is 3.00. The predicted octanol–water partition coefficient (Wildman–Crippen LogP) is 0.174. The third-order valence-electron chi connectivity index (χ3n) is 3.00. The minimum Gasteiger partial charge on any atom is -0.693 e. The van der Waals surface area contributed by atoms with Crippen LogP contribution in [0.4, 0.5) is 5.69 Å². The van der Waals surface area contributed by atoms with Crippen LogP contribution in [0.2, 0.25) is 0 Å². The van der Waals surface area contributed by atoms with Gasteiger partial charge in [-0.3, -0.25) is 0 Å². The third kappa shape index (κ3) is 9.12. The van der Waals surface area contributed by atoms with E-state index >= 15 is 0 Å². The molecule has 1 atom stereocenters. The molecular formula is C14H29KN4O2. The molecule has 0 aromatic heterocycles. The van der Waals surface area contributed by atoms with E-state index in [9.17, 15) is 5.11 Å². The number of anilines is 1. The summed E-state index contributed by atoms with van der Waals surface area (Å²) in [5, 5.41) is 12.6. The Morgan fingerprint density at radius 1 is 1.43 bits per heavy atom. The maximum atomic E-state index is 9.32. The molecule has 0 bridgehead atoms. The van der Waals surface area contributed by atoms with Crippen LogP contribution in [0.1, 0.15) is 31.7 Å². The molecule has 2 rings (SSSR count). The van der Waals surface area contributed by atoms with Crippen molar-refractivity contribution < 1.29 is 61.2 Å². The number of phenolic OH excluding ortho intramolecular Hbond substituents is 1. The monoisotopic (exact) mass is 324 g/mol. The number of benzene rings is 1. The molecular weight excluding hydrogens is 295 g/mol. The van der Waals surface area contributed by atoms with Crippen LogP contribution in [-0.2, 0) is 4.74 Å². The molecule has 0 aliphatic carbocycles. The Hall–Kier alpha value is 0.296. The molecule has 0 fully saturated rings. The van der Waals surface area contributed by atoms with E-state index in [0.717, 1.165) is 18.7 Å². The van der Waals surface area contributed by atoms with E-state index in [1.54, 1.807) is 13.2 Å². The van der Waals surface area contributed by atoms with Gasteiger partial charge in [0.2, 0.25) is 0 Å². The summed E-state index contributed by atoms with van der Waals surface area (Å²) in [4.78, 5) is 0. The van der Waals surface area contributed by atoms with Crippen LogP contribution in [0.3, 0.4) is 0 Å². The summed E-state index contributed by atoms with van der Waals surface area (Å²) < 4.78 is 4.75. The summed E-state index contributed by atoms with van der Waals surface area (Å²) >= 11 is 0. The van der Waals surface area contributed by atoms with Crippen LogP contribution in [0.5, 0.6) is 5.75 Å². The van der Waals surface area contributed by atoms with Crippen molar-refractivity contribution in [3.05, 3.63) is 29.9 Å². The molecule has 1 aliphatic rings. The van der Waals surface area contributed by atoms with E-state index in [4.69, 9.17) is 10.5 Å². The fourth-order valence-electron chi connectivity index (χ4n) is 1.85. The fourth-order valence-corrected chi connectivity index (χ4v) is 1.85. The Balaban J connectivity index is -0.000000360. The van der Waals surface area contributed by atoms with Gasteiger partial charge >= 0.3 is 51.4 Å². The topological polar surface area (TPSA) is 136 Å². The zero-order valence-corrected chi connectivity index (χ0v) is 16.8. The SMILES string of the molecule is COC(C)C.N.NCCC1CNc2ccc(O)cc21.[K+].[NH2-]. The van der Waals surface area contributed by atoms with Gasteiger partial charge in [0.1, 0.15) is 5.75 Å². The number of ether oxygens (including phenoxy) is 1. The van der Waals surface area contributed by atoms with E-state index in [2.05, 4.69) is 5.32 Å². The van der Waals surface area contributed by atoms with E-state index in [-0.39, 0.29) is 63.7 Å². The van der Waals surface area contributed by atoms with Crippen LogP contribution in [-0.4, -0.2) is 31.4 Å². The van der Waals surface area contributed by atoms with Crippen LogP contribution < -0.4 is 68.6 Å². The molecule has 0 saturated carbocycles. The van der Waals surface area contributed by atoms with Gasteiger partial charge in [-0.25, -0.2) is 0 Å². The number of phenols is 1. The minimum absolute atomic E-state index is 0. The predicted molar refractivity (Wildman–Crippen MR) is 85.5 cm³/mol. The quantitative estimate of drug-likeness (QED) is 0.464. The second-order valence-corrected chi connectivity index (χ2v) is 4.71. The van der Waals surface area contributed by atoms with Gasteiger partial charge in [0.25, 0.3) is 0 Å². The second-order valence-electron chi connectivity index (χ2n) is 4.71. The van der Waals surface area contributed by atoms with Crippen molar-refractivity contribution in [1.29, 1.82) is 0 Å². The number of rotatable bonds is 3. The Kier molecular flexibility index (Phi) is 17.4. The Morgan fingerprint density at radius 3 is 2.48 bits per heavy atom. The standard InChI is InChI=1S/C10H14N2O.C4H10O.K.H3N.H2N/c11-4-3-7-6-12-10-2-1-8(13)5-9(7)10;1-4(2)5-3;;;/h1-2,5,7,12-13H,3-4,6,11H2;4H,1-3H3;;1H3;1H2/q;;+1;;-1. The molecule has 1 aromatic rings. The normalized spacial score (nSPS) is 14.4. The van der Waals surface area contributed by atoms with Gasteiger partial charge in [0, 0.05) is 25.3 Å². The van der Waals surface area contributed by atoms with E-state index in [0.29, 0.717) is 24.3 Å². The first-order chi connectivity index (χ1) is 8.58. The Bertz CT molecular complexity index is 376. The number of nitrogens with one attached hydrogen (secondary N) is 1. The van der Waals surface area contributed by atoms with Crippen molar-refractivity contribution in [2.45, 2.75) is 32.3 Å². The zero-order valence-electron chi connectivity index (χ0n) is 13.7. The molecule has 6 nitrogen and oxygen atoms in total.